The van der Waals surface area contributed by atoms with Crippen LogP contribution in [0.4, 0.5) is 5.69 Å². The lowest BCUT2D eigenvalue weighted by molar-refractivity contribution is 0.102. The average Bonchev–Trinajstić information content (AvgIpc) is 2.39. The number of aryl methyl sites for hydroxylation is 1. The molecule has 1 aromatic carbocycles. The van der Waals surface area contributed by atoms with E-state index in [0.717, 1.165) is 10.0 Å². The van der Waals surface area contributed by atoms with E-state index < -0.39 is 0 Å². The van der Waals surface area contributed by atoms with Crippen LogP contribution >= 0.6 is 15.9 Å². The topological polar surface area (TPSA) is 51.2 Å². The Morgan fingerprint density at radius 2 is 2.16 bits per heavy atom. The number of nitrogens with zero attached hydrogens (tertiary/aromatic N) is 1. The minimum atomic E-state index is -0.210. The van der Waals surface area contributed by atoms with Gasteiger partial charge in [-0.3, -0.25) is 4.79 Å². The lowest BCUT2D eigenvalue weighted by atomic mass is 10.1. The number of rotatable bonds is 3. The number of carbonyl (C=O) groups is 1. The van der Waals surface area contributed by atoms with E-state index in [2.05, 4.69) is 26.2 Å². The highest BCUT2D eigenvalue weighted by Crippen LogP contribution is 2.23. The summed E-state index contributed by atoms with van der Waals surface area (Å²) >= 11 is 3.39. The fourth-order valence-electron chi connectivity index (χ4n) is 1.64. The van der Waals surface area contributed by atoms with Crippen LogP contribution < -0.4 is 10.1 Å². The molecule has 1 N–H and O–H groups in total. The Hall–Kier alpha value is -1.88. The first kappa shape index (κ1) is 13.5. The van der Waals surface area contributed by atoms with Crippen molar-refractivity contribution < 1.29 is 9.53 Å². The predicted octanol–water partition coefficient (Wildman–Crippen LogP) is 3.41. The Bertz CT molecular complexity index is 614. The standard InChI is InChI=1S/C14H13BrN2O2/c1-9-5-6-10(11(15)8-9)13(18)17-12-4-3-7-16-14(12)19-2/h3-8H,1-2H3,(H,17,18). The summed E-state index contributed by atoms with van der Waals surface area (Å²) in [5.41, 5.74) is 2.20. The Morgan fingerprint density at radius 3 is 2.84 bits per heavy atom. The quantitative estimate of drug-likeness (QED) is 0.942. The number of ether oxygens (including phenoxy) is 1. The molecule has 0 unspecified atom stereocenters. The van der Waals surface area contributed by atoms with Crippen molar-refractivity contribution in [1.82, 2.24) is 4.98 Å². The summed E-state index contributed by atoms with van der Waals surface area (Å²) in [5, 5.41) is 2.78. The normalized spacial score (nSPS) is 10.1. The highest BCUT2D eigenvalue weighted by atomic mass is 79.9. The van der Waals surface area contributed by atoms with Crippen LogP contribution in [-0.4, -0.2) is 18.0 Å². The van der Waals surface area contributed by atoms with Crippen LogP contribution in [0.1, 0.15) is 15.9 Å². The molecule has 0 radical (unpaired) electrons. The minimum Gasteiger partial charge on any atom is -0.480 e. The second kappa shape index (κ2) is 5.84. The van der Waals surface area contributed by atoms with Crippen molar-refractivity contribution in [3.05, 3.63) is 52.1 Å². The predicted molar refractivity (Wildman–Crippen MR) is 77.6 cm³/mol. The van der Waals surface area contributed by atoms with E-state index in [9.17, 15) is 4.79 Å². The van der Waals surface area contributed by atoms with Gasteiger partial charge < -0.3 is 10.1 Å². The van der Waals surface area contributed by atoms with Crippen molar-refractivity contribution in [1.29, 1.82) is 0 Å². The number of pyridine rings is 1. The first-order valence-electron chi connectivity index (χ1n) is 5.68. The summed E-state index contributed by atoms with van der Waals surface area (Å²) in [6.07, 6.45) is 1.61. The van der Waals surface area contributed by atoms with E-state index in [0.29, 0.717) is 17.1 Å². The molecule has 4 nitrogen and oxygen atoms in total. The summed E-state index contributed by atoms with van der Waals surface area (Å²) in [6, 6.07) is 9.04. The Balaban J connectivity index is 2.26. The van der Waals surface area contributed by atoms with E-state index in [-0.39, 0.29) is 5.91 Å². The van der Waals surface area contributed by atoms with Crippen molar-refractivity contribution in [3.63, 3.8) is 0 Å². The Labute approximate surface area is 119 Å². The van der Waals surface area contributed by atoms with Crippen LogP contribution in [0, 0.1) is 6.92 Å². The monoisotopic (exact) mass is 320 g/mol. The van der Waals surface area contributed by atoms with Gasteiger partial charge in [-0.25, -0.2) is 4.98 Å². The summed E-state index contributed by atoms with van der Waals surface area (Å²) in [6.45, 7) is 1.97. The van der Waals surface area contributed by atoms with Gasteiger partial charge in [0, 0.05) is 10.7 Å². The number of hydrogen-bond acceptors (Lipinski definition) is 3. The highest BCUT2D eigenvalue weighted by Gasteiger charge is 2.12. The first-order valence-corrected chi connectivity index (χ1v) is 6.47. The zero-order valence-electron chi connectivity index (χ0n) is 10.6. The van der Waals surface area contributed by atoms with Crippen LogP contribution in [0.3, 0.4) is 0 Å². The SMILES string of the molecule is COc1ncccc1NC(=O)c1ccc(C)cc1Br. The molecular formula is C14H13BrN2O2. The molecule has 0 bridgehead atoms. The molecule has 0 aliphatic rings. The largest absolute Gasteiger partial charge is 0.480 e. The maximum absolute atomic E-state index is 12.2. The number of carbonyl (C=O) groups excluding carboxylic acids is 1. The minimum absolute atomic E-state index is 0.210. The molecule has 98 valence electrons. The Kier molecular flexibility index (Phi) is 4.16. The van der Waals surface area contributed by atoms with Gasteiger partial charge in [-0.15, -0.1) is 0 Å². The summed E-state index contributed by atoms with van der Waals surface area (Å²) in [5.74, 6) is 0.178. The van der Waals surface area contributed by atoms with Gasteiger partial charge >= 0.3 is 0 Å². The van der Waals surface area contributed by atoms with Gasteiger partial charge in [0.15, 0.2) is 0 Å². The van der Waals surface area contributed by atoms with Gasteiger partial charge in [0.2, 0.25) is 5.88 Å². The van der Waals surface area contributed by atoms with Gasteiger partial charge in [-0.05, 0) is 52.7 Å². The lowest BCUT2D eigenvalue weighted by Crippen LogP contribution is -2.13. The molecule has 0 spiro atoms. The number of nitrogens with one attached hydrogen (secondary N) is 1. The number of methoxy groups -OCH3 is 1. The molecule has 0 aliphatic heterocycles. The summed E-state index contributed by atoms with van der Waals surface area (Å²) in [7, 11) is 1.51. The van der Waals surface area contributed by atoms with Crippen LogP contribution in [0.15, 0.2) is 41.0 Å². The molecule has 1 aromatic heterocycles. The smallest absolute Gasteiger partial charge is 0.256 e. The molecule has 0 saturated heterocycles. The van der Waals surface area contributed by atoms with Crippen LogP contribution in [0.25, 0.3) is 0 Å². The molecule has 1 amide bonds. The fraction of sp³-hybridized carbons (Fsp3) is 0.143. The molecule has 2 aromatic rings. The molecule has 2 rings (SSSR count). The third-order valence-electron chi connectivity index (χ3n) is 2.58. The highest BCUT2D eigenvalue weighted by molar-refractivity contribution is 9.10. The molecule has 0 fully saturated rings. The second-order valence-corrected chi connectivity index (χ2v) is 4.85. The average molecular weight is 321 g/mol. The second-order valence-electron chi connectivity index (χ2n) is 4.00. The maximum atomic E-state index is 12.2. The number of benzene rings is 1. The zero-order chi connectivity index (χ0) is 13.8. The van der Waals surface area contributed by atoms with Gasteiger partial charge in [-0.2, -0.15) is 0 Å². The number of anilines is 1. The maximum Gasteiger partial charge on any atom is 0.256 e. The number of aromatic nitrogens is 1. The van der Waals surface area contributed by atoms with Crippen molar-refractivity contribution in [2.45, 2.75) is 6.92 Å². The van der Waals surface area contributed by atoms with Crippen LogP contribution in [-0.2, 0) is 0 Å². The zero-order valence-corrected chi connectivity index (χ0v) is 12.2. The molecule has 0 aliphatic carbocycles. The number of amides is 1. The number of halogens is 1. The number of hydrogen-bond donors (Lipinski definition) is 1. The summed E-state index contributed by atoms with van der Waals surface area (Å²) in [4.78, 5) is 16.2. The van der Waals surface area contributed by atoms with Crippen LogP contribution in [0.2, 0.25) is 0 Å². The third-order valence-corrected chi connectivity index (χ3v) is 3.24. The molecule has 5 heteroatoms. The van der Waals surface area contributed by atoms with Crippen LogP contribution in [0.5, 0.6) is 5.88 Å². The third kappa shape index (κ3) is 3.12. The van der Waals surface area contributed by atoms with Gasteiger partial charge in [0.05, 0.1) is 12.7 Å². The van der Waals surface area contributed by atoms with Crippen molar-refractivity contribution in [2.75, 3.05) is 12.4 Å². The summed E-state index contributed by atoms with van der Waals surface area (Å²) < 4.78 is 5.85. The van der Waals surface area contributed by atoms with E-state index in [1.54, 1.807) is 24.4 Å². The molecule has 19 heavy (non-hydrogen) atoms. The van der Waals surface area contributed by atoms with Crippen molar-refractivity contribution >= 4 is 27.5 Å². The molecule has 0 saturated carbocycles. The van der Waals surface area contributed by atoms with Gasteiger partial charge in [-0.1, -0.05) is 6.07 Å². The van der Waals surface area contributed by atoms with Gasteiger partial charge in [0.25, 0.3) is 5.91 Å². The fourth-order valence-corrected chi connectivity index (χ4v) is 2.32. The van der Waals surface area contributed by atoms with E-state index in [1.807, 2.05) is 19.1 Å². The molecule has 0 atom stereocenters. The van der Waals surface area contributed by atoms with Crippen molar-refractivity contribution in [3.8, 4) is 5.88 Å². The van der Waals surface area contributed by atoms with Crippen molar-refractivity contribution in [2.24, 2.45) is 0 Å². The first-order chi connectivity index (χ1) is 9.11. The lowest BCUT2D eigenvalue weighted by Gasteiger charge is -2.10. The Morgan fingerprint density at radius 1 is 1.37 bits per heavy atom. The van der Waals surface area contributed by atoms with Gasteiger partial charge in [0.1, 0.15) is 5.69 Å². The molecule has 1 heterocycles. The van der Waals surface area contributed by atoms with E-state index in [4.69, 9.17) is 4.74 Å². The van der Waals surface area contributed by atoms with E-state index >= 15 is 0 Å². The molecular weight excluding hydrogens is 308 g/mol. The van der Waals surface area contributed by atoms with E-state index in [1.165, 1.54) is 7.11 Å².